The monoisotopic (exact) mass is 459 g/mol. The molecule has 0 aliphatic carbocycles. The fourth-order valence-corrected chi connectivity index (χ4v) is 4.28. The lowest BCUT2D eigenvalue weighted by Gasteiger charge is -2.45. The molecule has 32 heavy (non-hydrogen) atoms. The maximum absolute atomic E-state index is 12.9. The highest BCUT2D eigenvalue weighted by Crippen LogP contribution is 2.41. The third-order valence-corrected chi connectivity index (χ3v) is 5.96. The number of aromatic amines is 1. The zero-order chi connectivity index (χ0) is 23.7. The van der Waals surface area contributed by atoms with Gasteiger partial charge in [-0.25, -0.2) is 4.79 Å². The van der Waals surface area contributed by atoms with Crippen molar-refractivity contribution in [3.8, 4) is 0 Å². The molecule has 4 rings (SSSR count). The van der Waals surface area contributed by atoms with Crippen LogP contribution in [0.2, 0.25) is 0 Å². The van der Waals surface area contributed by atoms with Crippen LogP contribution in [0.15, 0.2) is 12.1 Å². The quantitative estimate of drug-likeness (QED) is 0.505. The molecule has 1 aromatic rings. The van der Waals surface area contributed by atoms with Crippen LogP contribution in [0.1, 0.15) is 40.2 Å². The number of aliphatic carboxylic acids is 1. The summed E-state index contributed by atoms with van der Waals surface area (Å²) in [6, 6.07) is 2.97. The Morgan fingerprint density at radius 2 is 1.75 bits per heavy atom. The number of halogens is 3. The van der Waals surface area contributed by atoms with Gasteiger partial charge in [0.25, 0.3) is 11.8 Å². The summed E-state index contributed by atoms with van der Waals surface area (Å²) in [6.07, 6.45) is -2.05. The van der Waals surface area contributed by atoms with E-state index in [1.807, 2.05) is 4.90 Å². The van der Waals surface area contributed by atoms with E-state index in [0.717, 1.165) is 38.9 Å². The zero-order valence-electron chi connectivity index (χ0n) is 17.1. The van der Waals surface area contributed by atoms with E-state index >= 15 is 0 Å². The second kappa shape index (κ2) is 8.81. The van der Waals surface area contributed by atoms with Gasteiger partial charge >= 0.3 is 12.1 Å². The number of hydrogen-bond acceptors (Lipinski definition) is 5. The molecule has 3 saturated heterocycles. The number of carboxylic acids is 1. The fourth-order valence-electron chi connectivity index (χ4n) is 4.28. The number of fused-ring (bicyclic) bond motifs is 2. The Hall–Kier alpha value is -3.09. The van der Waals surface area contributed by atoms with Gasteiger partial charge in [0.15, 0.2) is 0 Å². The van der Waals surface area contributed by atoms with E-state index in [0.29, 0.717) is 18.8 Å². The molecule has 176 valence electrons. The van der Waals surface area contributed by atoms with Crippen molar-refractivity contribution in [2.75, 3.05) is 32.7 Å². The Bertz CT molecular complexity index is 907. The predicted octanol–water partition coefficient (Wildman–Crippen LogP) is 0.173. The molecule has 10 nitrogen and oxygen atoms in total. The molecule has 13 heteroatoms. The molecule has 0 aromatic carbocycles. The highest BCUT2D eigenvalue weighted by atomic mass is 19.4. The minimum atomic E-state index is -5.08. The standard InChI is InChI=1S/C17H23N5O3.C2HF3O2/c18-14(23)12-2-3-13(20-12)15(24)19-11-8-22(9-11)16(25)17-4-1-6-21(10-17)7-5-17;3-2(4,5)1(6)7/h2-3,11,20H,1,4-10H2,(H2,18,23)(H,19,24);(H,6,7). The number of carboxylic acid groups (broad SMARTS) is 1. The lowest BCUT2D eigenvalue weighted by Crippen LogP contribution is -2.64. The molecule has 3 aliphatic rings. The number of likely N-dealkylation sites (tertiary alicyclic amines) is 1. The summed E-state index contributed by atoms with van der Waals surface area (Å²) < 4.78 is 31.7. The number of primary amides is 1. The Morgan fingerprint density at radius 1 is 1.12 bits per heavy atom. The van der Waals surface area contributed by atoms with Crippen molar-refractivity contribution in [3.05, 3.63) is 23.5 Å². The number of alkyl halides is 3. The summed E-state index contributed by atoms with van der Waals surface area (Å²) in [6.45, 7) is 4.12. The minimum absolute atomic E-state index is 0.0470. The van der Waals surface area contributed by atoms with Crippen LogP contribution in [0.5, 0.6) is 0 Å². The van der Waals surface area contributed by atoms with Gasteiger partial charge in [-0.1, -0.05) is 0 Å². The van der Waals surface area contributed by atoms with Crippen molar-refractivity contribution in [2.24, 2.45) is 11.1 Å². The van der Waals surface area contributed by atoms with E-state index < -0.39 is 18.1 Å². The molecule has 0 radical (unpaired) electrons. The number of nitrogens with two attached hydrogens (primary N) is 1. The number of amides is 3. The summed E-state index contributed by atoms with van der Waals surface area (Å²) in [4.78, 5) is 52.0. The first-order valence-corrected chi connectivity index (χ1v) is 10.0. The molecule has 0 spiro atoms. The number of aromatic nitrogens is 1. The molecule has 5 N–H and O–H groups in total. The highest BCUT2D eigenvalue weighted by Gasteiger charge is 2.50. The SMILES string of the molecule is NC(=O)c1ccc(C(=O)NC2CN(C(=O)C34CCCN(CC3)C4)C2)[nH]1.O=C(O)C(F)(F)F. The summed E-state index contributed by atoms with van der Waals surface area (Å²) in [5.41, 5.74) is 5.48. The third-order valence-electron chi connectivity index (χ3n) is 5.96. The summed E-state index contributed by atoms with van der Waals surface area (Å²) >= 11 is 0. The summed E-state index contributed by atoms with van der Waals surface area (Å²) in [5, 5.41) is 10.0. The van der Waals surface area contributed by atoms with Crippen LogP contribution in [-0.2, 0) is 9.59 Å². The van der Waals surface area contributed by atoms with Gasteiger partial charge in [-0.3, -0.25) is 14.4 Å². The number of carbonyl (C=O) groups excluding carboxylic acids is 3. The topological polar surface area (TPSA) is 149 Å². The molecule has 2 bridgehead atoms. The van der Waals surface area contributed by atoms with E-state index in [1.165, 1.54) is 12.1 Å². The lowest BCUT2D eigenvalue weighted by atomic mass is 9.78. The van der Waals surface area contributed by atoms with E-state index in [1.54, 1.807) is 0 Å². The van der Waals surface area contributed by atoms with E-state index in [-0.39, 0.29) is 29.0 Å². The third kappa shape index (κ3) is 5.03. The van der Waals surface area contributed by atoms with Gasteiger partial charge in [-0.05, 0) is 44.5 Å². The fraction of sp³-hybridized carbons (Fsp3) is 0.579. The van der Waals surface area contributed by atoms with Crippen LogP contribution in [0.4, 0.5) is 13.2 Å². The maximum Gasteiger partial charge on any atom is 0.490 e. The molecular weight excluding hydrogens is 435 g/mol. The molecule has 4 heterocycles. The van der Waals surface area contributed by atoms with Crippen LogP contribution >= 0.6 is 0 Å². The van der Waals surface area contributed by atoms with Crippen LogP contribution in [0.25, 0.3) is 0 Å². The van der Waals surface area contributed by atoms with Gasteiger partial charge in [-0.2, -0.15) is 13.2 Å². The van der Waals surface area contributed by atoms with Crippen molar-refractivity contribution in [1.29, 1.82) is 0 Å². The molecule has 2 unspecified atom stereocenters. The van der Waals surface area contributed by atoms with Gasteiger partial charge in [0, 0.05) is 19.6 Å². The van der Waals surface area contributed by atoms with Crippen molar-refractivity contribution in [1.82, 2.24) is 20.1 Å². The number of H-pyrrole nitrogens is 1. The lowest BCUT2D eigenvalue weighted by molar-refractivity contribution is -0.192. The van der Waals surface area contributed by atoms with Crippen molar-refractivity contribution < 1.29 is 37.5 Å². The Morgan fingerprint density at radius 3 is 2.31 bits per heavy atom. The number of rotatable bonds is 4. The smallest absolute Gasteiger partial charge is 0.475 e. The molecule has 0 saturated carbocycles. The average Bonchev–Trinajstić information content (AvgIpc) is 3.29. The van der Waals surface area contributed by atoms with Crippen LogP contribution in [-0.4, -0.2) is 88.5 Å². The van der Waals surface area contributed by atoms with Crippen LogP contribution < -0.4 is 11.1 Å². The first-order chi connectivity index (χ1) is 14.9. The van der Waals surface area contributed by atoms with E-state index in [9.17, 15) is 27.6 Å². The first-order valence-electron chi connectivity index (χ1n) is 10.0. The molecule has 3 aliphatic heterocycles. The van der Waals surface area contributed by atoms with Gasteiger partial charge in [0.2, 0.25) is 5.91 Å². The number of hydrogen-bond donors (Lipinski definition) is 4. The number of carbonyl (C=O) groups is 4. The Kier molecular flexibility index (Phi) is 6.49. The van der Waals surface area contributed by atoms with Gasteiger partial charge < -0.3 is 30.9 Å². The molecule has 3 fully saturated rings. The van der Waals surface area contributed by atoms with Crippen molar-refractivity contribution in [2.45, 2.75) is 31.5 Å². The second-order valence-electron chi connectivity index (χ2n) is 8.24. The summed E-state index contributed by atoms with van der Waals surface area (Å²) in [5.74, 6) is -3.40. The normalized spacial score (nSPS) is 24.7. The second-order valence-corrected chi connectivity index (χ2v) is 8.24. The Balaban J connectivity index is 0.000000360. The van der Waals surface area contributed by atoms with Crippen LogP contribution in [0, 0.1) is 5.41 Å². The van der Waals surface area contributed by atoms with Gasteiger partial charge in [0.1, 0.15) is 11.4 Å². The first kappa shape index (κ1) is 23.6. The van der Waals surface area contributed by atoms with Crippen LogP contribution in [0.3, 0.4) is 0 Å². The molecule has 3 amide bonds. The van der Waals surface area contributed by atoms with E-state index in [4.69, 9.17) is 15.6 Å². The Labute approximate surface area is 180 Å². The highest BCUT2D eigenvalue weighted by molar-refractivity contribution is 5.97. The predicted molar refractivity (Wildman–Crippen MR) is 104 cm³/mol. The summed E-state index contributed by atoms with van der Waals surface area (Å²) in [7, 11) is 0. The largest absolute Gasteiger partial charge is 0.490 e. The number of nitrogens with zero attached hydrogens (tertiary/aromatic N) is 2. The molecule has 1 aromatic heterocycles. The van der Waals surface area contributed by atoms with Gasteiger partial charge in [0.05, 0.1) is 11.5 Å². The average molecular weight is 459 g/mol. The van der Waals surface area contributed by atoms with Gasteiger partial charge in [-0.15, -0.1) is 0 Å². The molecule has 2 atom stereocenters. The maximum atomic E-state index is 12.9. The molecular formula is C19H24F3N5O5. The van der Waals surface area contributed by atoms with E-state index in [2.05, 4.69) is 15.2 Å². The van der Waals surface area contributed by atoms with Crippen molar-refractivity contribution >= 4 is 23.7 Å². The number of nitrogens with one attached hydrogen (secondary N) is 2. The zero-order valence-corrected chi connectivity index (χ0v) is 17.1. The van der Waals surface area contributed by atoms with Crippen molar-refractivity contribution in [3.63, 3.8) is 0 Å². The minimum Gasteiger partial charge on any atom is -0.475 e. The number of piperidine rings is 1.